The molecular formula is C97H129N17O18. The summed E-state index contributed by atoms with van der Waals surface area (Å²) in [6.45, 7) is 16.9. The number of oxazole rings is 1. The fraction of sp³-hybridized carbons (Fsp3) is 0.577. The van der Waals surface area contributed by atoms with Gasteiger partial charge in [-0.15, -0.1) is 0 Å². The number of ketones is 2. The number of carbonyl (C=O) groups excluding carboxylic acids is 6. The van der Waals surface area contributed by atoms with Crippen LogP contribution < -0.4 is 26.6 Å². The first-order valence-corrected chi connectivity index (χ1v) is 46.6. The predicted molar refractivity (Wildman–Crippen MR) is 493 cm³/mol. The number of allylic oxidation sites excluding steroid dienone is 5. The highest BCUT2D eigenvalue weighted by Crippen LogP contribution is 2.41. The number of carbonyl (C=O) groups is 6. The van der Waals surface area contributed by atoms with E-state index in [1.54, 1.807) is 59.5 Å². The SMILES string of the molecule is CO[C@H]1C[C@@H]2CC[C@@H](C)[C@@](O)(O2)C(=O)C(=O)N2CCCC[C@H]2C(=O)O[C@H]([C@H](C)C[C@@H]2CC[C@@H](O)[C@H](OC)C2)C[C@@H](O)[C@H](C)/C=C(\C)[C@@H](O)[C@@H](OC)/C(=N/OCC(=O)NCCOCCC(=O)C2CCc3nc(N4CCN(c5ncc(C(=O)N6CCc7cc(Cn8nc(-c9ccc%10oc(N)nc%10c9)c9c(N)ncnc98)ccc7C6)cn5)CC4)ncc3C2)[C@H](C)C[C@H](C)/C=C/C=C/C=C/1C. The normalized spacial score (nSPS) is 29.0. The molecule has 5 aliphatic heterocycles. The highest BCUT2D eigenvalue weighted by molar-refractivity contribution is 6.39. The van der Waals surface area contributed by atoms with Crippen LogP contribution in [0.15, 0.2) is 118 Å². The van der Waals surface area contributed by atoms with E-state index in [2.05, 4.69) is 57.3 Å². The van der Waals surface area contributed by atoms with E-state index in [1.165, 1.54) is 18.3 Å². The van der Waals surface area contributed by atoms with Crippen molar-refractivity contribution >= 4 is 86.8 Å². The summed E-state index contributed by atoms with van der Waals surface area (Å²) in [4.78, 5) is 130. The van der Waals surface area contributed by atoms with Gasteiger partial charge in [0.15, 0.2) is 17.8 Å². The number of anilines is 4. The summed E-state index contributed by atoms with van der Waals surface area (Å²) in [7, 11) is 4.59. The third kappa shape index (κ3) is 23.3. The highest BCUT2D eigenvalue weighted by Gasteiger charge is 2.53. The van der Waals surface area contributed by atoms with Gasteiger partial charge in [-0.3, -0.25) is 24.0 Å². The van der Waals surface area contributed by atoms with Crippen molar-refractivity contribution in [1.82, 2.24) is 59.8 Å². The molecule has 0 spiro atoms. The number of oxime groups is 1. The Balaban J connectivity index is 0.543. The number of aliphatic hydroxyl groups excluding tert-OH is 3. The minimum atomic E-state index is -2.47. The highest BCUT2D eigenvalue weighted by atomic mass is 16.6. The van der Waals surface area contributed by atoms with Crippen LogP contribution >= 0.6 is 0 Å². The zero-order valence-electron chi connectivity index (χ0n) is 77.4. The Labute approximate surface area is 769 Å². The minimum Gasteiger partial charge on any atom is -0.460 e. The second kappa shape index (κ2) is 44.3. The zero-order valence-corrected chi connectivity index (χ0v) is 77.4. The number of nitrogen functional groups attached to an aromatic ring is 2. The molecule has 7 aliphatic rings. The van der Waals surface area contributed by atoms with E-state index in [0.29, 0.717) is 192 Å². The van der Waals surface area contributed by atoms with Crippen LogP contribution in [0, 0.1) is 41.4 Å². The molecule has 35 heteroatoms. The lowest BCUT2D eigenvalue weighted by molar-refractivity contribution is -0.265. The molecule has 5 aromatic heterocycles. The van der Waals surface area contributed by atoms with Crippen LogP contribution in [0.1, 0.15) is 177 Å². The molecule has 3 saturated heterocycles. The van der Waals surface area contributed by atoms with Crippen molar-refractivity contribution in [3.8, 4) is 11.3 Å². The molecule has 2 bridgehead atoms. The number of piperidine rings is 1. The summed E-state index contributed by atoms with van der Waals surface area (Å²) in [5.41, 5.74) is 22.5. The van der Waals surface area contributed by atoms with Gasteiger partial charge in [-0.1, -0.05) is 94.4 Å². The van der Waals surface area contributed by atoms with Crippen LogP contribution in [-0.4, -0.2) is 263 Å². The Morgan fingerprint density at radius 2 is 1.54 bits per heavy atom. The molecule has 3 amide bonds. The summed E-state index contributed by atoms with van der Waals surface area (Å²) in [6, 6.07) is 10.7. The third-order valence-electron chi connectivity index (χ3n) is 27.6. The smallest absolute Gasteiger partial charge is 0.329 e. The number of aryl methyl sites for hydroxylation is 1. The van der Waals surface area contributed by atoms with Gasteiger partial charge < -0.3 is 94.5 Å². The largest absolute Gasteiger partial charge is 0.460 e. The van der Waals surface area contributed by atoms with Crippen molar-refractivity contribution < 1.29 is 86.9 Å². The number of aliphatic hydroxyl groups is 4. The molecule has 1 saturated carbocycles. The molecule has 1 unspecified atom stereocenters. The lowest BCUT2D eigenvalue weighted by Gasteiger charge is -2.43. The van der Waals surface area contributed by atoms with E-state index in [1.807, 2.05) is 92.1 Å². The van der Waals surface area contributed by atoms with E-state index < -0.39 is 96.6 Å². The summed E-state index contributed by atoms with van der Waals surface area (Å²) >= 11 is 0. The quantitative estimate of drug-likeness (QED) is 0.0109. The second-order valence-corrected chi connectivity index (χ2v) is 37.0. The van der Waals surface area contributed by atoms with Crippen LogP contribution in [0.25, 0.3) is 33.4 Å². The number of nitrogens with one attached hydrogen (secondary N) is 1. The number of nitrogens with zero attached hydrogens (tertiary/aromatic N) is 14. The number of esters is 1. The van der Waals surface area contributed by atoms with Gasteiger partial charge in [0.1, 0.15) is 53.5 Å². The number of hydrogen-bond donors (Lipinski definition) is 7. The average Bonchev–Trinajstić information content (AvgIpc) is 1.49. The Kier molecular flexibility index (Phi) is 32.6. The third-order valence-corrected chi connectivity index (χ3v) is 27.6. The van der Waals surface area contributed by atoms with Crippen molar-refractivity contribution in [2.45, 2.75) is 231 Å². The fourth-order valence-electron chi connectivity index (χ4n) is 19.7. The maximum absolute atomic E-state index is 14.8. The minimum absolute atomic E-state index is 0.0406. The Morgan fingerprint density at radius 1 is 0.758 bits per heavy atom. The lowest BCUT2D eigenvalue weighted by Crippen LogP contribution is -2.61. The van der Waals surface area contributed by atoms with Gasteiger partial charge in [0, 0.05) is 146 Å². The van der Waals surface area contributed by atoms with Gasteiger partial charge in [0.25, 0.3) is 29.5 Å². The van der Waals surface area contributed by atoms with Crippen LogP contribution in [0.3, 0.4) is 0 Å². The number of cyclic esters (lactones) is 1. The van der Waals surface area contributed by atoms with E-state index in [4.69, 9.17) is 64.2 Å². The van der Waals surface area contributed by atoms with E-state index in [9.17, 15) is 49.2 Å². The summed E-state index contributed by atoms with van der Waals surface area (Å²) < 4.78 is 43.6. The molecule has 710 valence electrons. The molecule has 14 rings (SSSR count). The first-order chi connectivity index (χ1) is 63.5. The van der Waals surface area contributed by atoms with E-state index in [-0.39, 0.29) is 105 Å². The number of ether oxygens (including phenoxy) is 6. The first kappa shape index (κ1) is 97.1. The van der Waals surface area contributed by atoms with Crippen molar-refractivity contribution in [2.75, 3.05) is 108 Å². The number of benzene rings is 2. The average molecular weight is 1820 g/mol. The van der Waals surface area contributed by atoms with Crippen molar-refractivity contribution in [1.29, 1.82) is 0 Å². The molecule has 2 aliphatic carbocycles. The van der Waals surface area contributed by atoms with Gasteiger partial charge in [-0.25, -0.2) is 39.4 Å². The lowest BCUT2D eigenvalue weighted by atomic mass is 9.78. The number of piperazine rings is 1. The standard InChI is InChI=1S/C97H129N17O18/c1-56-16-12-11-13-17-57(2)79(125-8)47-71-25-19-62(7)97(124,132-71)88(120)92(122)113-32-15-14-18-74(113)93(123)130-80(59(4)42-63-21-27-76(116)81(44-63)126-9)48-77(117)58(3)41-61(6)86(119)87(127-10)84(60(5)40-56)109-129-54-82(118)100-31-39-128-38-30-75(115)66-23-26-72-69(45-66)49-103-96(107-72)111-36-34-110(35-37-111)95-101-50-70(51-102-95)91(121)112-33-29-65-43-64(20-22-68(65)53-112)52-114-90-83(89(98)104-55-105-90)85(108-114)67-24-28-78-73(46-67)106-94(99)131-78/h11-13,16-17,20,22,24,28,41,43,46,49-51,55-56,58-60,62-63,66,71,74,76-77,79-81,86-87,116-117,119,124H,14-15,18-19,21,23,25-27,29-40,42,44-45,47-48,52-54H2,1-10H3,(H2,99,106)(H,100,118)(H2,98,104,105)/b13-11+,16-12+,57-17+,61-41+,109-84+/t56-,58-,59-,60-,62-,63+,66?,71+,74+,76-,77-,79+,80+,81-,86-,87+,97-/m1/s1. The number of methoxy groups -OCH3 is 3. The number of aromatic nitrogens is 9. The Hall–Kier alpha value is -10.9. The number of fused-ring (bicyclic) bond motifs is 7. The molecule has 0 radical (unpaired) electrons. The molecule has 4 fully saturated rings. The van der Waals surface area contributed by atoms with Gasteiger partial charge >= 0.3 is 5.97 Å². The van der Waals surface area contributed by atoms with Gasteiger partial charge in [-0.2, -0.15) is 10.1 Å². The Morgan fingerprint density at radius 3 is 2.31 bits per heavy atom. The molecule has 17 atom stereocenters. The van der Waals surface area contributed by atoms with Crippen LogP contribution in [-0.2, 0) is 89.6 Å². The second-order valence-electron chi connectivity index (χ2n) is 37.0. The van der Waals surface area contributed by atoms with Crippen molar-refractivity contribution in [3.05, 3.63) is 142 Å². The van der Waals surface area contributed by atoms with Crippen molar-refractivity contribution in [3.63, 3.8) is 0 Å². The van der Waals surface area contributed by atoms with Crippen LogP contribution in [0.5, 0.6) is 0 Å². The van der Waals surface area contributed by atoms with Crippen LogP contribution in [0.2, 0.25) is 0 Å². The monoisotopic (exact) mass is 1820 g/mol. The van der Waals surface area contributed by atoms with Crippen LogP contribution in [0.4, 0.5) is 23.7 Å². The van der Waals surface area contributed by atoms with E-state index >= 15 is 0 Å². The number of hydrogen-bond acceptors (Lipinski definition) is 31. The van der Waals surface area contributed by atoms with Gasteiger partial charge in [0.2, 0.25) is 17.7 Å². The first-order valence-electron chi connectivity index (χ1n) is 46.6. The number of amides is 3. The maximum Gasteiger partial charge on any atom is 0.329 e. The number of rotatable bonds is 22. The summed E-state index contributed by atoms with van der Waals surface area (Å²) in [6.07, 6.45) is 19.2. The van der Waals surface area contributed by atoms with Gasteiger partial charge in [-0.05, 0) is 173 Å². The van der Waals surface area contributed by atoms with E-state index in [0.717, 1.165) is 39.1 Å². The summed E-state index contributed by atoms with van der Waals surface area (Å²) in [5, 5.41) is 60.4. The molecule has 2 aromatic carbocycles. The molecular weight excluding hydrogens is 1690 g/mol. The fourth-order valence-corrected chi connectivity index (χ4v) is 19.7. The maximum atomic E-state index is 14.8. The zero-order chi connectivity index (χ0) is 93.6. The number of Topliss-reactive ketones (excluding diaryl/α,β-unsaturated/α-hetero) is 2. The van der Waals surface area contributed by atoms with Crippen molar-refractivity contribution in [2.24, 2.45) is 46.6 Å². The molecule has 132 heavy (non-hydrogen) atoms. The van der Waals surface area contributed by atoms with Gasteiger partial charge in [0.05, 0.1) is 66.9 Å². The molecule has 35 nitrogen and oxygen atoms in total. The molecule has 9 N–H and O–H groups in total. The topological polar surface area (TPSA) is 459 Å². The molecule has 7 aromatic rings. The number of nitrogens with two attached hydrogens (primary N) is 2. The summed E-state index contributed by atoms with van der Waals surface area (Å²) in [5.74, 6) is -6.76. The molecule has 10 heterocycles. The Bertz CT molecular complexity index is 5380. The predicted octanol–water partition coefficient (Wildman–Crippen LogP) is 8.94.